The van der Waals surface area contributed by atoms with Crippen LogP contribution in [0.1, 0.15) is 16.7 Å². The van der Waals surface area contributed by atoms with Crippen LogP contribution in [0.4, 0.5) is 5.69 Å². The lowest BCUT2D eigenvalue weighted by atomic mass is 10.1. The molecule has 0 spiro atoms. The van der Waals surface area contributed by atoms with E-state index in [0.717, 1.165) is 17.8 Å². The average Bonchev–Trinajstić information content (AvgIpc) is 2.56. The van der Waals surface area contributed by atoms with Gasteiger partial charge in [0.2, 0.25) is 5.91 Å². The molecular weight excluding hydrogens is 288 g/mol. The normalized spacial score (nSPS) is 10.3. The molecule has 4 heteroatoms. The van der Waals surface area contributed by atoms with Crippen LogP contribution in [0.3, 0.4) is 0 Å². The first-order chi connectivity index (χ1) is 11.2. The molecule has 0 aromatic heterocycles. The Bertz CT molecular complexity index is 606. The molecule has 122 valence electrons. The summed E-state index contributed by atoms with van der Waals surface area (Å²) in [6.45, 7) is 3.96. The molecule has 2 N–H and O–H groups in total. The highest BCUT2D eigenvalue weighted by atomic mass is 16.5. The summed E-state index contributed by atoms with van der Waals surface area (Å²) in [6, 6.07) is 16.4. The Labute approximate surface area is 137 Å². The van der Waals surface area contributed by atoms with Crippen molar-refractivity contribution in [3.05, 3.63) is 65.2 Å². The van der Waals surface area contributed by atoms with Gasteiger partial charge in [-0.1, -0.05) is 42.0 Å². The lowest BCUT2D eigenvalue weighted by molar-refractivity contribution is -0.120. The molecule has 0 radical (unpaired) electrons. The first kappa shape index (κ1) is 17.0. The van der Waals surface area contributed by atoms with Crippen molar-refractivity contribution in [2.24, 2.45) is 0 Å². The zero-order valence-electron chi connectivity index (χ0n) is 13.8. The van der Waals surface area contributed by atoms with Crippen LogP contribution in [0, 0.1) is 6.92 Å². The Morgan fingerprint density at radius 2 is 1.65 bits per heavy atom. The second-order valence-corrected chi connectivity index (χ2v) is 5.56. The van der Waals surface area contributed by atoms with E-state index < -0.39 is 0 Å². The molecule has 2 aromatic rings. The van der Waals surface area contributed by atoms with Gasteiger partial charge in [0.15, 0.2) is 0 Å². The molecule has 0 saturated heterocycles. The summed E-state index contributed by atoms with van der Waals surface area (Å²) in [6.07, 6.45) is 0.391. The highest BCUT2D eigenvalue weighted by Gasteiger charge is 2.03. The van der Waals surface area contributed by atoms with Crippen molar-refractivity contribution in [2.45, 2.75) is 19.9 Å². The summed E-state index contributed by atoms with van der Waals surface area (Å²) >= 11 is 0. The van der Waals surface area contributed by atoms with Crippen LogP contribution in [-0.4, -0.2) is 26.2 Å². The molecule has 0 saturated carbocycles. The van der Waals surface area contributed by atoms with Crippen molar-refractivity contribution in [3.8, 4) is 0 Å². The molecule has 0 aliphatic carbocycles. The van der Waals surface area contributed by atoms with Gasteiger partial charge in [-0.2, -0.15) is 0 Å². The van der Waals surface area contributed by atoms with Crippen LogP contribution in [0.5, 0.6) is 0 Å². The van der Waals surface area contributed by atoms with E-state index in [9.17, 15) is 4.79 Å². The quantitative estimate of drug-likeness (QED) is 0.737. The van der Waals surface area contributed by atoms with Gasteiger partial charge in [0.25, 0.3) is 0 Å². The minimum absolute atomic E-state index is 0.0161. The van der Waals surface area contributed by atoms with E-state index in [1.54, 1.807) is 7.11 Å². The second-order valence-electron chi connectivity index (χ2n) is 5.56. The highest BCUT2D eigenvalue weighted by molar-refractivity contribution is 5.78. The van der Waals surface area contributed by atoms with Crippen LogP contribution in [0.15, 0.2) is 48.5 Å². The first-order valence-corrected chi connectivity index (χ1v) is 7.81. The fourth-order valence-corrected chi connectivity index (χ4v) is 2.19. The van der Waals surface area contributed by atoms with Gasteiger partial charge in [-0.25, -0.2) is 0 Å². The molecule has 0 aliphatic heterocycles. The molecule has 2 rings (SSSR count). The van der Waals surface area contributed by atoms with Crippen molar-refractivity contribution >= 4 is 11.6 Å². The van der Waals surface area contributed by atoms with Gasteiger partial charge in [0.05, 0.1) is 13.0 Å². The number of ether oxygens (including phenoxy) is 1. The predicted molar refractivity (Wildman–Crippen MR) is 93.5 cm³/mol. The van der Waals surface area contributed by atoms with E-state index in [0.29, 0.717) is 19.6 Å². The molecule has 0 unspecified atom stereocenters. The van der Waals surface area contributed by atoms with Crippen LogP contribution >= 0.6 is 0 Å². The third-order valence-electron chi connectivity index (χ3n) is 3.56. The van der Waals surface area contributed by atoms with E-state index in [1.165, 1.54) is 11.1 Å². The maximum atomic E-state index is 11.7. The van der Waals surface area contributed by atoms with Crippen LogP contribution in [0.25, 0.3) is 0 Å². The number of nitrogens with one attached hydrogen (secondary N) is 2. The lowest BCUT2D eigenvalue weighted by Crippen LogP contribution is -2.28. The van der Waals surface area contributed by atoms with E-state index >= 15 is 0 Å². The van der Waals surface area contributed by atoms with Gasteiger partial charge in [0, 0.05) is 25.9 Å². The fourth-order valence-electron chi connectivity index (χ4n) is 2.19. The number of aryl methyl sites for hydroxylation is 1. The standard InChI is InChI=1S/C19H24N2O2/c1-15-3-5-17(6-4-15)14-21-18-9-7-16(8-10-18)13-19(22)20-11-12-23-2/h3-10,21H,11-14H2,1-2H3,(H,20,22). The first-order valence-electron chi connectivity index (χ1n) is 7.81. The maximum absolute atomic E-state index is 11.7. The number of carbonyl (C=O) groups is 1. The van der Waals surface area contributed by atoms with Crippen LogP contribution in [0.2, 0.25) is 0 Å². The Balaban J connectivity index is 1.79. The molecule has 1 amide bonds. The number of hydrogen-bond acceptors (Lipinski definition) is 3. The fraction of sp³-hybridized carbons (Fsp3) is 0.316. The van der Waals surface area contributed by atoms with Gasteiger partial charge in [-0.3, -0.25) is 4.79 Å². The zero-order valence-corrected chi connectivity index (χ0v) is 13.8. The van der Waals surface area contributed by atoms with E-state index in [1.807, 2.05) is 24.3 Å². The number of anilines is 1. The average molecular weight is 312 g/mol. The molecule has 0 heterocycles. The third kappa shape index (κ3) is 6.12. The number of carbonyl (C=O) groups excluding carboxylic acids is 1. The SMILES string of the molecule is COCCNC(=O)Cc1ccc(NCc2ccc(C)cc2)cc1. The minimum Gasteiger partial charge on any atom is -0.383 e. The molecule has 0 aliphatic rings. The minimum atomic E-state index is 0.0161. The summed E-state index contributed by atoms with van der Waals surface area (Å²) in [4.78, 5) is 11.7. The number of benzene rings is 2. The largest absolute Gasteiger partial charge is 0.383 e. The van der Waals surface area contributed by atoms with E-state index in [2.05, 4.69) is 41.8 Å². The molecule has 2 aromatic carbocycles. The van der Waals surface area contributed by atoms with Crippen LogP contribution in [-0.2, 0) is 22.5 Å². The molecule has 0 bridgehead atoms. The Morgan fingerprint density at radius 3 is 2.30 bits per heavy atom. The molecular formula is C19H24N2O2. The van der Waals surface area contributed by atoms with Crippen molar-refractivity contribution in [2.75, 3.05) is 25.6 Å². The second kappa shape index (κ2) is 8.96. The lowest BCUT2D eigenvalue weighted by Gasteiger charge is -2.08. The van der Waals surface area contributed by atoms with Gasteiger partial charge in [0.1, 0.15) is 0 Å². The summed E-state index contributed by atoms with van der Waals surface area (Å²) in [5.41, 5.74) is 4.56. The number of hydrogen-bond donors (Lipinski definition) is 2. The van der Waals surface area contributed by atoms with Crippen molar-refractivity contribution in [1.82, 2.24) is 5.32 Å². The van der Waals surface area contributed by atoms with Crippen molar-refractivity contribution in [1.29, 1.82) is 0 Å². The topological polar surface area (TPSA) is 50.4 Å². The monoisotopic (exact) mass is 312 g/mol. The van der Waals surface area contributed by atoms with Gasteiger partial charge < -0.3 is 15.4 Å². The Kier molecular flexibility index (Phi) is 6.63. The Hall–Kier alpha value is -2.33. The number of methoxy groups -OCH3 is 1. The summed E-state index contributed by atoms with van der Waals surface area (Å²) in [5, 5.41) is 6.20. The number of rotatable bonds is 8. The Morgan fingerprint density at radius 1 is 1.00 bits per heavy atom. The summed E-state index contributed by atoms with van der Waals surface area (Å²) < 4.78 is 4.91. The molecule has 4 nitrogen and oxygen atoms in total. The molecule has 0 fully saturated rings. The smallest absolute Gasteiger partial charge is 0.224 e. The van der Waals surface area contributed by atoms with E-state index in [4.69, 9.17) is 4.74 Å². The zero-order chi connectivity index (χ0) is 16.5. The molecule has 0 atom stereocenters. The van der Waals surface area contributed by atoms with Gasteiger partial charge >= 0.3 is 0 Å². The van der Waals surface area contributed by atoms with Gasteiger partial charge in [-0.05, 0) is 30.2 Å². The number of amides is 1. The maximum Gasteiger partial charge on any atom is 0.224 e. The summed E-state index contributed by atoms with van der Waals surface area (Å²) in [7, 11) is 1.62. The highest BCUT2D eigenvalue weighted by Crippen LogP contribution is 2.12. The summed E-state index contributed by atoms with van der Waals surface area (Å²) in [5.74, 6) is 0.0161. The van der Waals surface area contributed by atoms with Gasteiger partial charge in [-0.15, -0.1) is 0 Å². The van der Waals surface area contributed by atoms with E-state index in [-0.39, 0.29) is 5.91 Å². The van der Waals surface area contributed by atoms with Crippen molar-refractivity contribution < 1.29 is 9.53 Å². The third-order valence-corrected chi connectivity index (χ3v) is 3.56. The van der Waals surface area contributed by atoms with Crippen molar-refractivity contribution in [3.63, 3.8) is 0 Å². The predicted octanol–water partition coefficient (Wildman–Crippen LogP) is 2.91. The van der Waals surface area contributed by atoms with Crippen LogP contribution < -0.4 is 10.6 Å². The molecule has 23 heavy (non-hydrogen) atoms.